The van der Waals surface area contributed by atoms with Gasteiger partial charge in [-0.25, -0.2) is 0 Å². The minimum absolute atomic E-state index is 0.0431. The summed E-state index contributed by atoms with van der Waals surface area (Å²) in [5, 5.41) is 21.0. The smallest absolute Gasteiger partial charge is 0.300 e. The van der Waals surface area contributed by atoms with Gasteiger partial charge in [0.25, 0.3) is 11.7 Å². The van der Waals surface area contributed by atoms with Gasteiger partial charge in [0, 0.05) is 17.3 Å². The minimum Gasteiger partial charge on any atom is -0.508 e. The van der Waals surface area contributed by atoms with Crippen LogP contribution < -0.4 is 14.4 Å². The molecule has 0 radical (unpaired) electrons. The number of carbonyl (C=O) groups excluding carboxylic acids is 2. The molecular weight excluding hydrogens is 422 g/mol. The Hall–Kier alpha value is -4.26. The quantitative estimate of drug-likeness (QED) is 0.331. The molecule has 3 aromatic carbocycles. The zero-order valence-corrected chi connectivity index (χ0v) is 18.2. The first-order valence-electron chi connectivity index (χ1n) is 10.4. The predicted molar refractivity (Wildman–Crippen MR) is 123 cm³/mol. The first-order valence-corrected chi connectivity index (χ1v) is 10.4. The molecule has 1 atom stereocenters. The van der Waals surface area contributed by atoms with Crippen LogP contribution in [0.4, 0.5) is 5.69 Å². The van der Waals surface area contributed by atoms with Crippen molar-refractivity contribution in [1.29, 1.82) is 0 Å². The molecule has 0 bridgehead atoms. The van der Waals surface area contributed by atoms with E-state index < -0.39 is 17.7 Å². The van der Waals surface area contributed by atoms with Gasteiger partial charge in [-0.2, -0.15) is 0 Å². The van der Waals surface area contributed by atoms with Crippen molar-refractivity contribution in [3.63, 3.8) is 0 Å². The van der Waals surface area contributed by atoms with Crippen LogP contribution in [0.25, 0.3) is 5.76 Å². The molecule has 7 heteroatoms. The van der Waals surface area contributed by atoms with Gasteiger partial charge < -0.3 is 19.7 Å². The van der Waals surface area contributed by atoms with E-state index >= 15 is 0 Å². The molecule has 1 fully saturated rings. The van der Waals surface area contributed by atoms with E-state index in [0.717, 1.165) is 0 Å². The Labute approximate surface area is 191 Å². The van der Waals surface area contributed by atoms with Crippen LogP contribution in [0.1, 0.15) is 24.1 Å². The van der Waals surface area contributed by atoms with E-state index in [4.69, 9.17) is 9.47 Å². The van der Waals surface area contributed by atoms with E-state index in [9.17, 15) is 19.8 Å². The summed E-state index contributed by atoms with van der Waals surface area (Å²) in [7, 11) is 1.51. The fourth-order valence-corrected chi connectivity index (χ4v) is 3.89. The lowest BCUT2D eigenvalue weighted by Gasteiger charge is -2.25. The number of rotatable bonds is 6. The number of anilines is 1. The van der Waals surface area contributed by atoms with Crippen molar-refractivity contribution in [2.75, 3.05) is 18.6 Å². The first kappa shape index (κ1) is 22.0. The van der Waals surface area contributed by atoms with Crippen molar-refractivity contribution in [1.82, 2.24) is 0 Å². The van der Waals surface area contributed by atoms with E-state index in [1.54, 1.807) is 60.7 Å². The highest BCUT2D eigenvalue weighted by Crippen LogP contribution is 2.43. The highest BCUT2D eigenvalue weighted by atomic mass is 16.5. The molecule has 2 N–H and O–H groups in total. The topological polar surface area (TPSA) is 96.3 Å². The van der Waals surface area contributed by atoms with Crippen LogP contribution in [0.15, 0.2) is 78.4 Å². The highest BCUT2D eigenvalue weighted by Gasteiger charge is 2.47. The molecule has 168 valence electrons. The molecule has 1 saturated heterocycles. The number of aromatic hydroxyl groups is 1. The highest BCUT2D eigenvalue weighted by molar-refractivity contribution is 6.51. The molecule has 4 rings (SSSR count). The Morgan fingerprint density at radius 3 is 2.36 bits per heavy atom. The first-order chi connectivity index (χ1) is 15.9. The van der Waals surface area contributed by atoms with Crippen molar-refractivity contribution in [3.05, 3.63) is 89.5 Å². The molecule has 0 aromatic heterocycles. The largest absolute Gasteiger partial charge is 0.508 e. The van der Waals surface area contributed by atoms with Crippen molar-refractivity contribution >= 4 is 23.1 Å². The Morgan fingerprint density at radius 2 is 1.67 bits per heavy atom. The minimum atomic E-state index is -0.909. The molecule has 33 heavy (non-hydrogen) atoms. The maximum Gasteiger partial charge on any atom is 0.300 e. The number of Topliss-reactive ketones (excluding diaryl/α,β-unsaturated/α-hetero) is 1. The number of nitrogens with zero attached hydrogens (tertiary/aromatic N) is 1. The summed E-state index contributed by atoms with van der Waals surface area (Å²) in [5.74, 6) is -0.799. The number of ketones is 1. The summed E-state index contributed by atoms with van der Waals surface area (Å²) < 4.78 is 10.8. The SMILES string of the molecule is CCOc1cccc(/C(O)=C2\C(=O)C(=O)N(c3cccc(OC)c3)C2c2ccc(O)cc2)c1. The van der Waals surface area contributed by atoms with E-state index in [2.05, 4.69) is 0 Å². The zero-order valence-electron chi connectivity index (χ0n) is 18.2. The molecular formula is C26H23NO6. The second-order valence-electron chi connectivity index (χ2n) is 7.42. The molecule has 7 nitrogen and oxygen atoms in total. The molecule has 0 aliphatic carbocycles. The summed E-state index contributed by atoms with van der Waals surface area (Å²) in [6.45, 7) is 2.29. The van der Waals surface area contributed by atoms with Gasteiger partial charge in [-0.3, -0.25) is 14.5 Å². The molecule has 1 heterocycles. The standard InChI is InChI=1S/C26H23NO6/c1-3-33-21-9-4-6-17(14-21)24(29)22-23(16-10-12-19(28)13-11-16)27(26(31)25(22)30)18-7-5-8-20(15-18)32-2/h4-15,23,28-29H,3H2,1-2H3/b24-22+. The number of benzene rings is 3. The maximum absolute atomic E-state index is 13.2. The lowest BCUT2D eigenvalue weighted by atomic mass is 9.95. The summed E-state index contributed by atoms with van der Waals surface area (Å²) in [4.78, 5) is 27.7. The predicted octanol–water partition coefficient (Wildman–Crippen LogP) is 4.43. The average molecular weight is 445 g/mol. The van der Waals surface area contributed by atoms with Crippen molar-refractivity contribution in [2.45, 2.75) is 13.0 Å². The number of phenolic OH excluding ortho intramolecular Hbond substituents is 1. The van der Waals surface area contributed by atoms with Gasteiger partial charge in [0.2, 0.25) is 0 Å². The van der Waals surface area contributed by atoms with Crippen molar-refractivity contribution in [2.24, 2.45) is 0 Å². The third kappa shape index (κ3) is 4.13. The number of amides is 1. The summed E-state index contributed by atoms with van der Waals surface area (Å²) in [6, 6.07) is 18.7. The second-order valence-corrected chi connectivity index (χ2v) is 7.42. The Bertz CT molecular complexity index is 1230. The van der Waals surface area contributed by atoms with Crippen molar-refractivity contribution < 1.29 is 29.3 Å². The van der Waals surface area contributed by atoms with Crippen molar-refractivity contribution in [3.8, 4) is 17.2 Å². The van der Waals surface area contributed by atoms with Crippen LogP contribution in [-0.4, -0.2) is 35.6 Å². The summed E-state index contributed by atoms with van der Waals surface area (Å²) in [6.07, 6.45) is 0. The van der Waals surface area contributed by atoms with E-state index in [1.807, 2.05) is 6.92 Å². The van der Waals surface area contributed by atoms with E-state index in [0.29, 0.717) is 34.9 Å². The molecule has 0 spiro atoms. The number of carbonyl (C=O) groups is 2. The van der Waals surface area contributed by atoms with Gasteiger partial charge in [-0.05, 0) is 48.9 Å². The van der Waals surface area contributed by atoms with Gasteiger partial charge in [0.15, 0.2) is 0 Å². The van der Waals surface area contributed by atoms with E-state index in [1.165, 1.54) is 24.1 Å². The van der Waals surface area contributed by atoms with Crippen LogP contribution in [0.2, 0.25) is 0 Å². The van der Waals surface area contributed by atoms with Crippen LogP contribution >= 0.6 is 0 Å². The van der Waals surface area contributed by atoms with Gasteiger partial charge >= 0.3 is 0 Å². The molecule has 3 aromatic rings. The maximum atomic E-state index is 13.2. The van der Waals surface area contributed by atoms with Gasteiger partial charge in [-0.1, -0.05) is 30.3 Å². The Balaban J connectivity index is 1.92. The Morgan fingerprint density at radius 1 is 0.970 bits per heavy atom. The van der Waals surface area contributed by atoms with Gasteiger partial charge in [0.05, 0.1) is 25.3 Å². The summed E-state index contributed by atoms with van der Waals surface area (Å²) in [5.41, 5.74) is 1.30. The number of hydrogen-bond donors (Lipinski definition) is 2. The summed E-state index contributed by atoms with van der Waals surface area (Å²) >= 11 is 0. The molecule has 1 aliphatic rings. The van der Waals surface area contributed by atoms with E-state index in [-0.39, 0.29) is 17.1 Å². The Kier molecular flexibility index (Phi) is 6.04. The molecule has 0 saturated carbocycles. The molecule has 1 amide bonds. The number of phenols is 1. The van der Waals surface area contributed by atoms with Crippen LogP contribution in [-0.2, 0) is 9.59 Å². The number of ether oxygens (including phenoxy) is 2. The zero-order chi connectivity index (χ0) is 23.5. The van der Waals surface area contributed by atoms with Crippen LogP contribution in [0.3, 0.4) is 0 Å². The lowest BCUT2D eigenvalue weighted by molar-refractivity contribution is -0.132. The normalized spacial score (nSPS) is 17.3. The third-order valence-corrected chi connectivity index (χ3v) is 5.40. The molecule has 1 unspecified atom stereocenters. The third-order valence-electron chi connectivity index (χ3n) is 5.40. The average Bonchev–Trinajstić information content (AvgIpc) is 3.10. The second kappa shape index (κ2) is 9.08. The number of methoxy groups -OCH3 is 1. The number of hydrogen-bond acceptors (Lipinski definition) is 6. The van der Waals surface area contributed by atoms with Crippen LogP contribution in [0.5, 0.6) is 17.2 Å². The fourth-order valence-electron chi connectivity index (χ4n) is 3.89. The van der Waals surface area contributed by atoms with Crippen LogP contribution in [0, 0.1) is 0 Å². The van der Waals surface area contributed by atoms with Gasteiger partial charge in [0.1, 0.15) is 23.0 Å². The lowest BCUT2D eigenvalue weighted by Crippen LogP contribution is -2.29. The monoisotopic (exact) mass is 445 g/mol. The number of aliphatic hydroxyl groups is 1. The fraction of sp³-hybridized carbons (Fsp3) is 0.154. The number of aliphatic hydroxyl groups excluding tert-OH is 1. The molecule has 1 aliphatic heterocycles. The van der Waals surface area contributed by atoms with Gasteiger partial charge in [-0.15, -0.1) is 0 Å².